The van der Waals surface area contributed by atoms with Crippen molar-refractivity contribution >= 4 is 5.78 Å². The number of hydrogen-bond donors (Lipinski definition) is 1. The van der Waals surface area contributed by atoms with Gasteiger partial charge in [0.1, 0.15) is 5.78 Å². The molecule has 1 N–H and O–H groups in total. The van der Waals surface area contributed by atoms with Crippen molar-refractivity contribution < 1.29 is 4.79 Å². The quantitative estimate of drug-likeness (QED) is 0.359. The van der Waals surface area contributed by atoms with Crippen molar-refractivity contribution in [3.8, 4) is 0 Å². The van der Waals surface area contributed by atoms with Gasteiger partial charge in [-0.2, -0.15) is 0 Å². The Morgan fingerprint density at radius 3 is 3.00 bits per heavy atom. The molecule has 0 aliphatic carbocycles. The minimum atomic E-state index is -0.106. The Kier molecular flexibility index (Phi) is 2.46. The van der Waals surface area contributed by atoms with E-state index in [-0.39, 0.29) is 17.9 Å². The molecule has 0 aromatic heterocycles. The molecule has 0 radical (unpaired) electrons. The SMILES string of the molecule is CC(=O)C1CC(N=[N+]=[N-])CN1. The lowest BCUT2D eigenvalue weighted by Crippen LogP contribution is -2.28. The number of carbonyl (C=O) groups excluding carboxylic acids is 1. The van der Waals surface area contributed by atoms with E-state index in [1.54, 1.807) is 0 Å². The minimum Gasteiger partial charge on any atom is -0.307 e. The molecule has 0 saturated carbocycles. The number of nitrogens with zero attached hydrogens (tertiary/aromatic N) is 3. The van der Waals surface area contributed by atoms with Crippen LogP contribution in [0.4, 0.5) is 0 Å². The number of ketones is 1. The lowest BCUT2D eigenvalue weighted by Gasteiger charge is -2.02. The first-order valence-corrected chi connectivity index (χ1v) is 3.52. The van der Waals surface area contributed by atoms with Crippen LogP contribution in [-0.4, -0.2) is 24.4 Å². The summed E-state index contributed by atoms with van der Waals surface area (Å²) in [7, 11) is 0. The smallest absolute Gasteiger partial charge is 0.146 e. The molecule has 11 heavy (non-hydrogen) atoms. The molecule has 2 atom stereocenters. The maximum Gasteiger partial charge on any atom is 0.146 e. The molecule has 0 aromatic rings. The Hall–Kier alpha value is -1.06. The van der Waals surface area contributed by atoms with Crippen LogP contribution in [0.15, 0.2) is 5.11 Å². The van der Waals surface area contributed by atoms with Gasteiger partial charge >= 0.3 is 0 Å². The number of nitrogens with one attached hydrogen (secondary N) is 1. The molecule has 1 aliphatic rings. The highest BCUT2D eigenvalue weighted by molar-refractivity contribution is 5.81. The van der Waals surface area contributed by atoms with E-state index >= 15 is 0 Å². The average Bonchev–Trinajstić information content (AvgIpc) is 2.37. The van der Waals surface area contributed by atoms with Gasteiger partial charge in [0.2, 0.25) is 0 Å². The molecule has 0 spiro atoms. The van der Waals surface area contributed by atoms with Crippen molar-refractivity contribution in [2.24, 2.45) is 5.11 Å². The topological polar surface area (TPSA) is 77.9 Å². The molecule has 60 valence electrons. The zero-order valence-corrected chi connectivity index (χ0v) is 6.32. The summed E-state index contributed by atoms with van der Waals surface area (Å²) in [4.78, 5) is 13.5. The van der Waals surface area contributed by atoms with Gasteiger partial charge in [-0.3, -0.25) is 4.79 Å². The van der Waals surface area contributed by atoms with Crippen molar-refractivity contribution in [1.29, 1.82) is 0 Å². The maximum atomic E-state index is 10.8. The van der Waals surface area contributed by atoms with Crippen molar-refractivity contribution in [1.82, 2.24) is 5.32 Å². The lowest BCUT2D eigenvalue weighted by atomic mass is 10.1. The van der Waals surface area contributed by atoms with E-state index < -0.39 is 0 Å². The number of carbonyl (C=O) groups is 1. The largest absolute Gasteiger partial charge is 0.307 e. The van der Waals surface area contributed by atoms with E-state index in [1.165, 1.54) is 6.92 Å². The van der Waals surface area contributed by atoms with Gasteiger partial charge in [-0.15, -0.1) is 0 Å². The zero-order chi connectivity index (χ0) is 8.27. The summed E-state index contributed by atoms with van der Waals surface area (Å²) in [5, 5.41) is 6.50. The highest BCUT2D eigenvalue weighted by Gasteiger charge is 2.25. The number of rotatable bonds is 2. The molecule has 2 unspecified atom stereocenters. The van der Waals surface area contributed by atoms with Crippen molar-refractivity contribution in [3.63, 3.8) is 0 Å². The van der Waals surface area contributed by atoms with Crippen LogP contribution >= 0.6 is 0 Å². The van der Waals surface area contributed by atoms with E-state index in [0.717, 1.165) is 0 Å². The van der Waals surface area contributed by atoms with Crippen LogP contribution in [0, 0.1) is 0 Å². The minimum absolute atomic E-state index is 0.0473. The summed E-state index contributed by atoms with van der Waals surface area (Å²) in [6, 6.07) is -0.153. The fourth-order valence-electron chi connectivity index (χ4n) is 1.19. The Bertz CT molecular complexity index is 201. The fraction of sp³-hybridized carbons (Fsp3) is 0.833. The molecule has 5 heteroatoms. The van der Waals surface area contributed by atoms with Crippen LogP contribution < -0.4 is 5.32 Å². The Morgan fingerprint density at radius 1 is 1.82 bits per heavy atom. The van der Waals surface area contributed by atoms with Gasteiger partial charge < -0.3 is 5.32 Å². The van der Waals surface area contributed by atoms with E-state index in [4.69, 9.17) is 5.53 Å². The summed E-state index contributed by atoms with van der Waals surface area (Å²) >= 11 is 0. The van der Waals surface area contributed by atoms with Gasteiger partial charge in [0.15, 0.2) is 0 Å². The maximum absolute atomic E-state index is 10.8. The van der Waals surface area contributed by atoms with Gasteiger partial charge in [0.05, 0.1) is 12.1 Å². The van der Waals surface area contributed by atoms with Crippen molar-refractivity contribution in [3.05, 3.63) is 10.4 Å². The Balaban J connectivity index is 2.46. The van der Waals surface area contributed by atoms with Gasteiger partial charge in [-0.1, -0.05) is 5.11 Å². The second-order valence-corrected chi connectivity index (χ2v) is 2.67. The third-order valence-electron chi connectivity index (χ3n) is 1.81. The normalized spacial score (nSPS) is 29.5. The van der Waals surface area contributed by atoms with Crippen LogP contribution in [0.1, 0.15) is 13.3 Å². The van der Waals surface area contributed by atoms with Crippen LogP contribution in [0.25, 0.3) is 10.4 Å². The number of Topliss-reactive ketones (excluding diaryl/α,β-unsaturated/α-hetero) is 1. The van der Waals surface area contributed by atoms with Gasteiger partial charge in [0, 0.05) is 11.5 Å². The van der Waals surface area contributed by atoms with E-state index in [1.807, 2.05) is 0 Å². The van der Waals surface area contributed by atoms with Crippen LogP contribution in [0.3, 0.4) is 0 Å². The van der Waals surface area contributed by atoms with E-state index in [9.17, 15) is 4.79 Å². The van der Waals surface area contributed by atoms with Crippen LogP contribution in [0.5, 0.6) is 0 Å². The summed E-state index contributed by atoms with van der Waals surface area (Å²) < 4.78 is 0. The molecule has 1 fully saturated rings. The van der Waals surface area contributed by atoms with E-state index in [0.29, 0.717) is 13.0 Å². The van der Waals surface area contributed by atoms with Gasteiger partial charge in [-0.05, 0) is 18.9 Å². The molecule has 0 amide bonds. The van der Waals surface area contributed by atoms with Crippen LogP contribution in [-0.2, 0) is 4.79 Å². The second kappa shape index (κ2) is 3.37. The average molecular weight is 154 g/mol. The van der Waals surface area contributed by atoms with Gasteiger partial charge in [-0.25, -0.2) is 0 Å². The molecule has 0 bridgehead atoms. The number of hydrogen-bond acceptors (Lipinski definition) is 3. The summed E-state index contributed by atoms with van der Waals surface area (Å²) in [6.45, 7) is 2.16. The lowest BCUT2D eigenvalue weighted by molar-refractivity contribution is -0.118. The Morgan fingerprint density at radius 2 is 2.55 bits per heavy atom. The fourth-order valence-corrected chi connectivity index (χ4v) is 1.19. The standard InChI is InChI=1S/C6H10N4O/c1-4(11)6-2-5(3-8-6)9-10-7/h5-6,8H,2-3H2,1H3. The monoisotopic (exact) mass is 154 g/mol. The highest BCUT2D eigenvalue weighted by Crippen LogP contribution is 2.10. The zero-order valence-electron chi connectivity index (χ0n) is 6.32. The summed E-state index contributed by atoms with van der Waals surface area (Å²) in [5.74, 6) is 0.112. The van der Waals surface area contributed by atoms with Crippen molar-refractivity contribution in [2.75, 3.05) is 6.54 Å². The Labute approximate surface area is 64.4 Å². The summed E-state index contributed by atoms with van der Waals surface area (Å²) in [6.07, 6.45) is 0.638. The molecule has 1 heterocycles. The van der Waals surface area contributed by atoms with Gasteiger partial charge in [0.25, 0.3) is 0 Å². The second-order valence-electron chi connectivity index (χ2n) is 2.67. The molecule has 1 saturated heterocycles. The predicted molar refractivity (Wildman–Crippen MR) is 40.0 cm³/mol. The molecule has 1 aliphatic heterocycles. The van der Waals surface area contributed by atoms with Crippen molar-refractivity contribution in [2.45, 2.75) is 25.4 Å². The molecular weight excluding hydrogens is 144 g/mol. The molecular formula is C6H10N4O. The third kappa shape index (κ3) is 1.93. The molecule has 1 rings (SSSR count). The molecule has 5 nitrogen and oxygen atoms in total. The predicted octanol–water partition coefficient (Wildman–Crippen LogP) is 0.616. The first-order chi connectivity index (χ1) is 5.24. The molecule has 0 aromatic carbocycles. The third-order valence-corrected chi connectivity index (χ3v) is 1.81. The highest BCUT2D eigenvalue weighted by atomic mass is 16.1. The number of azide groups is 1. The van der Waals surface area contributed by atoms with Crippen LogP contribution in [0.2, 0.25) is 0 Å². The van der Waals surface area contributed by atoms with E-state index in [2.05, 4.69) is 15.3 Å². The summed E-state index contributed by atoms with van der Waals surface area (Å²) in [5.41, 5.74) is 8.10. The first kappa shape index (κ1) is 8.04. The first-order valence-electron chi connectivity index (χ1n) is 3.52.